The number of hydrogen-bond donors (Lipinski definition) is 1. The highest BCUT2D eigenvalue weighted by atomic mass is 35.5. The number of halogens is 4. The van der Waals surface area contributed by atoms with Crippen molar-refractivity contribution < 1.29 is 32.7 Å². The minimum absolute atomic E-state index is 0.0627. The standard InChI is InChI=1S/C32H38ClF3N4O4/c1-2-5-26-24(6-4-14-39(26)31(44)29-25(32(34,35)36)7-3-13-37-29)30(43)40-17-10-20-18-21(33)8-9-23(20)27(40)19-28(42)38-15-11-22(41)12-16-38/h3,7-9,13,18,22,24,26-27,41H,2,4-6,10-12,14-17,19H2,1H3/t24-,26-,27?/m1/s1. The predicted octanol–water partition coefficient (Wildman–Crippen LogP) is 5.27. The average molecular weight is 635 g/mol. The van der Waals surface area contributed by atoms with Crippen LogP contribution in [0.3, 0.4) is 0 Å². The van der Waals surface area contributed by atoms with Gasteiger partial charge in [-0.3, -0.25) is 19.4 Å². The van der Waals surface area contributed by atoms with E-state index < -0.39 is 47.4 Å². The zero-order valence-electron chi connectivity index (χ0n) is 24.7. The highest BCUT2D eigenvalue weighted by molar-refractivity contribution is 6.30. The van der Waals surface area contributed by atoms with Gasteiger partial charge in [0.15, 0.2) is 0 Å². The van der Waals surface area contributed by atoms with Crippen LogP contribution in [0.5, 0.6) is 0 Å². The smallest absolute Gasteiger partial charge is 0.393 e. The number of alkyl halides is 3. The molecule has 5 rings (SSSR count). The minimum Gasteiger partial charge on any atom is -0.393 e. The Morgan fingerprint density at radius 1 is 1.05 bits per heavy atom. The third kappa shape index (κ3) is 6.73. The van der Waals surface area contributed by atoms with E-state index in [1.807, 2.05) is 19.1 Å². The molecule has 1 N–H and O–H groups in total. The third-order valence-electron chi connectivity index (χ3n) is 9.19. The second-order valence-electron chi connectivity index (χ2n) is 12.0. The number of aliphatic hydroxyl groups excluding tert-OH is 1. The fourth-order valence-electron chi connectivity index (χ4n) is 6.98. The molecule has 3 amide bonds. The molecule has 44 heavy (non-hydrogen) atoms. The number of fused-ring (bicyclic) bond motifs is 1. The molecule has 8 nitrogen and oxygen atoms in total. The van der Waals surface area contributed by atoms with Gasteiger partial charge < -0.3 is 19.8 Å². The molecule has 0 radical (unpaired) electrons. The number of aliphatic hydroxyl groups is 1. The van der Waals surface area contributed by atoms with Gasteiger partial charge in [0, 0.05) is 43.4 Å². The van der Waals surface area contributed by atoms with E-state index in [1.165, 1.54) is 11.1 Å². The molecule has 2 aromatic rings. The molecule has 1 unspecified atom stereocenters. The Hall–Kier alpha value is -3.18. The van der Waals surface area contributed by atoms with Gasteiger partial charge in [-0.25, -0.2) is 0 Å². The molecule has 3 atom stereocenters. The number of piperidine rings is 2. The predicted molar refractivity (Wildman–Crippen MR) is 158 cm³/mol. The van der Waals surface area contributed by atoms with Gasteiger partial charge in [0.25, 0.3) is 5.91 Å². The van der Waals surface area contributed by atoms with Crippen molar-refractivity contribution in [2.24, 2.45) is 5.92 Å². The molecule has 1 aromatic carbocycles. The quantitative estimate of drug-likeness (QED) is 0.467. The van der Waals surface area contributed by atoms with E-state index >= 15 is 0 Å². The lowest BCUT2D eigenvalue weighted by molar-refractivity contribution is -0.145. The van der Waals surface area contributed by atoms with E-state index in [9.17, 15) is 32.7 Å². The van der Waals surface area contributed by atoms with Crippen molar-refractivity contribution in [2.75, 3.05) is 26.2 Å². The minimum atomic E-state index is -4.75. The summed E-state index contributed by atoms with van der Waals surface area (Å²) in [5.74, 6) is -1.78. The number of benzene rings is 1. The highest BCUT2D eigenvalue weighted by Gasteiger charge is 2.45. The topological polar surface area (TPSA) is 94.0 Å². The summed E-state index contributed by atoms with van der Waals surface area (Å²) < 4.78 is 41.4. The van der Waals surface area contributed by atoms with Crippen molar-refractivity contribution in [2.45, 2.75) is 82.7 Å². The molecule has 12 heteroatoms. The van der Waals surface area contributed by atoms with Crippen LogP contribution < -0.4 is 0 Å². The zero-order chi connectivity index (χ0) is 31.6. The van der Waals surface area contributed by atoms with Crippen molar-refractivity contribution in [1.29, 1.82) is 0 Å². The number of aromatic nitrogens is 1. The summed E-state index contributed by atoms with van der Waals surface area (Å²) in [5.41, 5.74) is 0.0594. The van der Waals surface area contributed by atoms with Crippen LogP contribution in [0.15, 0.2) is 36.5 Å². The molecular weight excluding hydrogens is 597 g/mol. The summed E-state index contributed by atoms with van der Waals surface area (Å²) in [4.78, 5) is 50.3. The van der Waals surface area contributed by atoms with Gasteiger partial charge in [0.2, 0.25) is 11.8 Å². The molecule has 3 aliphatic heterocycles. The maximum atomic E-state index is 14.5. The first-order chi connectivity index (χ1) is 21.0. The first kappa shape index (κ1) is 32.2. The van der Waals surface area contributed by atoms with Gasteiger partial charge in [-0.15, -0.1) is 0 Å². The van der Waals surface area contributed by atoms with Crippen LogP contribution in [0.1, 0.15) is 85.1 Å². The summed E-state index contributed by atoms with van der Waals surface area (Å²) in [7, 11) is 0. The van der Waals surface area contributed by atoms with E-state index in [4.69, 9.17) is 11.6 Å². The molecule has 238 valence electrons. The van der Waals surface area contributed by atoms with Gasteiger partial charge >= 0.3 is 6.18 Å². The zero-order valence-corrected chi connectivity index (χ0v) is 25.5. The molecule has 0 saturated carbocycles. The molecule has 2 saturated heterocycles. The van der Waals surface area contributed by atoms with Crippen molar-refractivity contribution in [3.8, 4) is 0 Å². The van der Waals surface area contributed by atoms with Crippen LogP contribution in [0.2, 0.25) is 5.02 Å². The largest absolute Gasteiger partial charge is 0.418 e. The highest BCUT2D eigenvalue weighted by Crippen LogP contribution is 2.39. The fraction of sp³-hybridized carbons (Fsp3) is 0.562. The summed E-state index contributed by atoms with van der Waals surface area (Å²) in [5, 5.41) is 10.5. The van der Waals surface area contributed by atoms with E-state index in [-0.39, 0.29) is 24.8 Å². The fourth-order valence-corrected chi connectivity index (χ4v) is 7.17. The van der Waals surface area contributed by atoms with Crippen LogP contribution in [-0.2, 0) is 22.2 Å². The molecule has 3 aliphatic rings. The van der Waals surface area contributed by atoms with E-state index in [1.54, 1.807) is 15.9 Å². The van der Waals surface area contributed by atoms with Crippen LogP contribution in [-0.4, -0.2) is 80.8 Å². The molecule has 1 aromatic heterocycles. The Bertz CT molecular complexity index is 1380. The van der Waals surface area contributed by atoms with Gasteiger partial charge in [0.1, 0.15) is 5.69 Å². The normalized spacial score (nSPS) is 23.0. The summed E-state index contributed by atoms with van der Waals surface area (Å²) in [6.45, 7) is 3.38. The number of hydrogen-bond acceptors (Lipinski definition) is 5. The van der Waals surface area contributed by atoms with Crippen molar-refractivity contribution in [3.05, 3.63) is 63.9 Å². The molecular formula is C32H38ClF3N4O4. The Morgan fingerprint density at radius 3 is 2.50 bits per heavy atom. The lowest BCUT2D eigenvalue weighted by atomic mass is 9.82. The van der Waals surface area contributed by atoms with Crippen LogP contribution >= 0.6 is 11.6 Å². The number of carbonyl (C=O) groups is 3. The number of rotatable bonds is 6. The van der Waals surface area contributed by atoms with Crippen molar-refractivity contribution in [3.63, 3.8) is 0 Å². The van der Waals surface area contributed by atoms with Crippen LogP contribution in [0.4, 0.5) is 13.2 Å². The summed E-state index contributed by atoms with van der Waals surface area (Å²) in [6, 6.07) is 6.31. The molecule has 0 aliphatic carbocycles. The lowest BCUT2D eigenvalue weighted by Crippen LogP contribution is -2.55. The van der Waals surface area contributed by atoms with E-state index in [0.29, 0.717) is 69.6 Å². The van der Waals surface area contributed by atoms with E-state index in [0.717, 1.165) is 23.3 Å². The Morgan fingerprint density at radius 2 is 1.80 bits per heavy atom. The van der Waals surface area contributed by atoms with Gasteiger partial charge in [-0.05, 0) is 73.9 Å². The van der Waals surface area contributed by atoms with Gasteiger partial charge in [0.05, 0.1) is 30.0 Å². The Kier molecular flexibility index (Phi) is 9.84. The maximum absolute atomic E-state index is 14.5. The van der Waals surface area contributed by atoms with Crippen LogP contribution in [0, 0.1) is 5.92 Å². The number of carbonyl (C=O) groups excluding carboxylic acids is 3. The average Bonchev–Trinajstić information content (AvgIpc) is 3.00. The number of pyridine rings is 1. The Balaban J connectivity index is 1.44. The maximum Gasteiger partial charge on any atom is 0.418 e. The number of nitrogens with zero attached hydrogens (tertiary/aromatic N) is 4. The number of amides is 3. The summed E-state index contributed by atoms with van der Waals surface area (Å²) in [6.07, 6.45) is -0.400. The third-order valence-corrected chi connectivity index (χ3v) is 9.42. The number of likely N-dealkylation sites (tertiary alicyclic amines) is 2. The first-order valence-corrected chi connectivity index (χ1v) is 15.7. The van der Waals surface area contributed by atoms with Gasteiger partial charge in [-0.1, -0.05) is 31.0 Å². The molecule has 0 bridgehead atoms. The lowest BCUT2D eigenvalue weighted by Gasteiger charge is -2.45. The van der Waals surface area contributed by atoms with E-state index in [2.05, 4.69) is 4.98 Å². The first-order valence-electron chi connectivity index (χ1n) is 15.4. The monoisotopic (exact) mass is 634 g/mol. The molecule has 0 spiro atoms. The molecule has 2 fully saturated rings. The summed E-state index contributed by atoms with van der Waals surface area (Å²) >= 11 is 6.28. The second kappa shape index (κ2) is 13.4. The van der Waals surface area contributed by atoms with Crippen molar-refractivity contribution in [1.82, 2.24) is 19.7 Å². The second-order valence-corrected chi connectivity index (χ2v) is 12.4. The van der Waals surface area contributed by atoms with Crippen LogP contribution in [0.25, 0.3) is 0 Å². The van der Waals surface area contributed by atoms with Crippen molar-refractivity contribution >= 4 is 29.3 Å². The SMILES string of the molecule is CCC[C@@H]1[C@H](C(=O)N2CCc3cc(Cl)ccc3C2CC(=O)N2CCC(O)CC2)CCCN1C(=O)c1ncccc1C(F)(F)F. The van der Waals surface area contributed by atoms with Gasteiger partial charge in [-0.2, -0.15) is 13.2 Å². The Labute approximate surface area is 260 Å². The molecule has 4 heterocycles.